The summed E-state index contributed by atoms with van der Waals surface area (Å²) in [4.78, 5) is 2.43. The minimum Gasteiger partial charge on any atom is -0.317 e. The number of likely N-dealkylation sites (tertiary alicyclic amines) is 1. The Bertz CT molecular complexity index is 360. The van der Waals surface area contributed by atoms with Gasteiger partial charge < -0.3 is 10.2 Å². The van der Waals surface area contributed by atoms with Crippen molar-refractivity contribution in [1.82, 2.24) is 14.9 Å². The van der Waals surface area contributed by atoms with E-state index in [-0.39, 0.29) is 5.25 Å². The normalized spacial score (nSPS) is 24.7. The fourth-order valence-electron chi connectivity index (χ4n) is 2.95. The predicted molar refractivity (Wildman–Crippen MR) is 77.7 cm³/mol. The molecule has 2 aliphatic rings. The molecule has 2 fully saturated rings. The first-order chi connectivity index (χ1) is 9.08. The lowest BCUT2D eigenvalue weighted by atomic mass is 10.2. The monoisotopic (exact) mass is 289 g/mol. The Morgan fingerprint density at radius 1 is 1.26 bits per heavy atom. The van der Waals surface area contributed by atoms with E-state index in [1.54, 1.807) is 0 Å². The van der Waals surface area contributed by atoms with E-state index in [9.17, 15) is 8.42 Å². The minimum atomic E-state index is -3.12. The maximum Gasteiger partial charge on any atom is 0.214 e. The van der Waals surface area contributed by atoms with Crippen LogP contribution in [0.1, 0.15) is 32.6 Å². The van der Waals surface area contributed by atoms with Crippen LogP contribution in [-0.2, 0) is 10.0 Å². The molecular formula is C13H27N3O2S. The van der Waals surface area contributed by atoms with Gasteiger partial charge in [-0.2, -0.15) is 0 Å². The number of hydrogen-bond acceptors (Lipinski definition) is 4. The van der Waals surface area contributed by atoms with E-state index in [2.05, 4.69) is 21.9 Å². The summed E-state index contributed by atoms with van der Waals surface area (Å²) in [5.41, 5.74) is 0. The molecule has 5 nitrogen and oxygen atoms in total. The van der Waals surface area contributed by atoms with Crippen molar-refractivity contribution < 1.29 is 8.42 Å². The third kappa shape index (κ3) is 4.70. The lowest BCUT2D eigenvalue weighted by Gasteiger charge is -2.25. The van der Waals surface area contributed by atoms with Crippen molar-refractivity contribution in [2.24, 2.45) is 5.92 Å². The van der Waals surface area contributed by atoms with Crippen molar-refractivity contribution in [2.75, 3.05) is 39.3 Å². The zero-order chi connectivity index (χ0) is 13.7. The van der Waals surface area contributed by atoms with Gasteiger partial charge in [-0.05, 0) is 57.8 Å². The number of nitrogens with zero attached hydrogens (tertiary/aromatic N) is 1. The highest BCUT2D eigenvalue weighted by Crippen LogP contribution is 2.13. The smallest absolute Gasteiger partial charge is 0.214 e. The highest BCUT2D eigenvalue weighted by atomic mass is 32.2. The van der Waals surface area contributed by atoms with Crippen molar-refractivity contribution in [3.63, 3.8) is 0 Å². The van der Waals surface area contributed by atoms with E-state index >= 15 is 0 Å². The van der Waals surface area contributed by atoms with Crippen LogP contribution in [0, 0.1) is 5.92 Å². The topological polar surface area (TPSA) is 61.4 Å². The summed E-state index contributed by atoms with van der Waals surface area (Å²) in [6.45, 7) is 7.68. The van der Waals surface area contributed by atoms with Crippen LogP contribution in [0.25, 0.3) is 0 Å². The standard InChI is InChI=1S/C13H27N3O2S/c1-12(11-16-8-2-3-9-16)10-15-19(17,18)13-4-6-14-7-5-13/h12-15H,2-11H2,1H3. The number of piperidine rings is 1. The summed E-state index contributed by atoms with van der Waals surface area (Å²) in [7, 11) is -3.12. The van der Waals surface area contributed by atoms with Crippen molar-refractivity contribution >= 4 is 10.0 Å². The van der Waals surface area contributed by atoms with Crippen LogP contribution >= 0.6 is 0 Å². The Kier molecular flexibility index (Phi) is 5.62. The average Bonchev–Trinajstić information content (AvgIpc) is 2.90. The van der Waals surface area contributed by atoms with Crippen molar-refractivity contribution in [2.45, 2.75) is 37.9 Å². The first-order valence-corrected chi connectivity index (χ1v) is 9.04. The van der Waals surface area contributed by atoms with Gasteiger partial charge in [-0.1, -0.05) is 6.92 Å². The lowest BCUT2D eigenvalue weighted by Crippen LogP contribution is -2.43. The molecule has 0 aliphatic carbocycles. The molecule has 6 heteroatoms. The Morgan fingerprint density at radius 3 is 2.53 bits per heavy atom. The molecule has 112 valence electrons. The molecule has 2 rings (SSSR count). The molecule has 2 aliphatic heterocycles. The van der Waals surface area contributed by atoms with Gasteiger partial charge >= 0.3 is 0 Å². The number of sulfonamides is 1. The summed E-state index contributed by atoms with van der Waals surface area (Å²) in [6.07, 6.45) is 4.03. The lowest BCUT2D eigenvalue weighted by molar-refractivity contribution is 0.288. The summed E-state index contributed by atoms with van der Waals surface area (Å²) >= 11 is 0. The Hall–Kier alpha value is -0.170. The second kappa shape index (κ2) is 7.02. The third-order valence-electron chi connectivity index (χ3n) is 4.13. The first-order valence-electron chi connectivity index (χ1n) is 7.49. The minimum absolute atomic E-state index is 0.201. The van der Waals surface area contributed by atoms with Crippen molar-refractivity contribution in [3.05, 3.63) is 0 Å². The summed E-state index contributed by atoms with van der Waals surface area (Å²) in [6, 6.07) is 0. The maximum absolute atomic E-state index is 12.2. The van der Waals surface area contributed by atoms with E-state index in [1.807, 2.05) is 0 Å². The van der Waals surface area contributed by atoms with Gasteiger partial charge in [0.05, 0.1) is 5.25 Å². The van der Waals surface area contributed by atoms with Gasteiger partial charge in [-0.3, -0.25) is 0 Å². The second-order valence-electron chi connectivity index (χ2n) is 5.96. The van der Waals surface area contributed by atoms with Crippen LogP contribution in [0.3, 0.4) is 0 Å². The molecule has 0 aromatic heterocycles. The molecule has 0 saturated carbocycles. The molecule has 0 aromatic rings. The molecule has 0 amide bonds. The molecule has 1 atom stereocenters. The van der Waals surface area contributed by atoms with E-state index in [0.717, 1.165) is 32.5 Å². The van der Waals surface area contributed by atoms with Crippen LogP contribution in [-0.4, -0.2) is 57.8 Å². The fourth-order valence-corrected chi connectivity index (χ4v) is 4.56. The number of nitrogens with one attached hydrogen (secondary N) is 2. The summed E-state index contributed by atoms with van der Waals surface area (Å²) < 4.78 is 27.2. The zero-order valence-corrected chi connectivity index (χ0v) is 12.7. The van der Waals surface area contributed by atoms with Crippen LogP contribution in [0.15, 0.2) is 0 Å². The van der Waals surface area contributed by atoms with Crippen LogP contribution in [0.5, 0.6) is 0 Å². The third-order valence-corrected chi connectivity index (χ3v) is 6.04. The molecule has 2 heterocycles. The van der Waals surface area contributed by atoms with E-state index in [1.165, 1.54) is 25.9 Å². The van der Waals surface area contributed by atoms with E-state index in [4.69, 9.17) is 0 Å². The molecular weight excluding hydrogens is 262 g/mol. The van der Waals surface area contributed by atoms with Crippen molar-refractivity contribution in [1.29, 1.82) is 0 Å². The molecule has 2 N–H and O–H groups in total. The van der Waals surface area contributed by atoms with Gasteiger partial charge in [0.15, 0.2) is 0 Å². The van der Waals surface area contributed by atoms with Gasteiger partial charge in [-0.25, -0.2) is 13.1 Å². The molecule has 0 spiro atoms. The molecule has 0 aromatic carbocycles. The Labute approximate surface area is 117 Å². The molecule has 2 saturated heterocycles. The quantitative estimate of drug-likeness (QED) is 0.742. The second-order valence-corrected chi connectivity index (χ2v) is 8.00. The zero-order valence-electron chi connectivity index (χ0n) is 11.9. The Morgan fingerprint density at radius 2 is 1.89 bits per heavy atom. The van der Waals surface area contributed by atoms with E-state index < -0.39 is 10.0 Å². The summed E-state index contributed by atoms with van der Waals surface area (Å²) in [5, 5.41) is 3.00. The number of rotatable bonds is 6. The fraction of sp³-hybridized carbons (Fsp3) is 1.00. The van der Waals surface area contributed by atoms with Crippen LogP contribution in [0.4, 0.5) is 0 Å². The molecule has 1 unspecified atom stereocenters. The average molecular weight is 289 g/mol. The van der Waals surface area contributed by atoms with Crippen molar-refractivity contribution in [3.8, 4) is 0 Å². The molecule has 0 bridgehead atoms. The predicted octanol–water partition coefficient (Wildman–Crippen LogP) is 0.390. The van der Waals surface area contributed by atoms with Gasteiger partial charge in [0.2, 0.25) is 10.0 Å². The molecule has 19 heavy (non-hydrogen) atoms. The van der Waals surface area contributed by atoms with Crippen LogP contribution < -0.4 is 10.0 Å². The summed E-state index contributed by atoms with van der Waals surface area (Å²) in [5.74, 6) is 0.384. The van der Waals surface area contributed by atoms with Gasteiger partial charge in [-0.15, -0.1) is 0 Å². The Balaban J connectivity index is 1.73. The van der Waals surface area contributed by atoms with Gasteiger partial charge in [0.1, 0.15) is 0 Å². The van der Waals surface area contributed by atoms with E-state index in [0.29, 0.717) is 12.5 Å². The highest BCUT2D eigenvalue weighted by Gasteiger charge is 2.27. The van der Waals surface area contributed by atoms with Gasteiger partial charge in [0, 0.05) is 13.1 Å². The first kappa shape index (κ1) is 15.2. The van der Waals surface area contributed by atoms with Gasteiger partial charge in [0.25, 0.3) is 0 Å². The maximum atomic E-state index is 12.2. The SMILES string of the molecule is CC(CNS(=O)(=O)C1CCNCC1)CN1CCCC1. The molecule has 0 radical (unpaired) electrons. The largest absolute Gasteiger partial charge is 0.317 e. The number of hydrogen-bond donors (Lipinski definition) is 2. The van der Waals surface area contributed by atoms with Crippen LogP contribution in [0.2, 0.25) is 0 Å². The highest BCUT2D eigenvalue weighted by molar-refractivity contribution is 7.90.